The van der Waals surface area contributed by atoms with E-state index in [-0.39, 0.29) is 0 Å². The second-order valence-electron chi connectivity index (χ2n) is 11.7. The summed E-state index contributed by atoms with van der Waals surface area (Å²) in [7, 11) is 0. The average Bonchev–Trinajstić information content (AvgIpc) is 3.41. The molecule has 0 atom stereocenters. The molecule has 2 aliphatic rings. The molecule has 2 heterocycles. The van der Waals surface area contributed by atoms with Crippen LogP contribution in [0.4, 0.5) is 0 Å². The number of aryl methyl sites for hydroxylation is 1. The standard InChI is InChI=1S/C42H32N2.C2H6/c1-3-37-39-22-19-35-26-34(32-15-13-31(14-16-32)29-9-5-4-6-10-29)18-21-38(35)42(39)44(41(37)25-28(2)40-23-24-43-40)36-20-17-30-11-7-8-12-33(30)27-36;1-2/h3-18,20-21,23-27H,1,19,22H2,2H3;1-2H3/b28-25+;. The molecule has 1 aromatic heterocycles. The molecule has 0 fully saturated rings. The second-order valence-corrected chi connectivity index (χ2v) is 11.7. The van der Waals surface area contributed by atoms with E-state index in [0.29, 0.717) is 0 Å². The van der Waals surface area contributed by atoms with Crippen molar-refractivity contribution in [2.75, 3.05) is 0 Å². The van der Waals surface area contributed by atoms with Gasteiger partial charge in [0.2, 0.25) is 0 Å². The fourth-order valence-corrected chi connectivity index (χ4v) is 6.77. The molecule has 0 saturated carbocycles. The summed E-state index contributed by atoms with van der Waals surface area (Å²) in [5.41, 5.74) is 16.0. The van der Waals surface area contributed by atoms with Crippen molar-refractivity contribution < 1.29 is 0 Å². The van der Waals surface area contributed by atoms with E-state index in [4.69, 9.17) is 0 Å². The fraction of sp³-hybridized carbons (Fsp3) is 0.114. The minimum Gasteiger partial charge on any atom is -0.309 e. The van der Waals surface area contributed by atoms with Crippen LogP contribution in [0.3, 0.4) is 0 Å². The molecule has 6 aromatic rings. The first-order valence-corrected chi connectivity index (χ1v) is 16.3. The van der Waals surface area contributed by atoms with Crippen LogP contribution >= 0.6 is 0 Å². The van der Waals surface area contributed by atoms with Crippen LogP contribution in [0.2, 0.25) is 0 Å². The molecule has 0 unspecified atom stereocenters. The highest BCUT2D eigenvalue weighted by Crippen LogP contribution is 2.43. The zero-order valence-electron chi connectivity index (χ0n) is 26.8. The summed E-state index contributed by atoms with van der Waals surface area (Å²) in [6.45, 7) is 10.4. The number of rotatable bonds is 6. The van der Waals surface area contributed by atoms with Crippen molar-refractivity contribution in [1.29, 1.82) is 0 Å². The van der Waals surface area contributed by atoms with Gasteiger partial charge in [-0.1, -0.05) is 130 Å². The average molecular weight is 595 g/mol. The summed E-state index contributed by atoms with van der Waals surface area (Å²) in [5.74, 6) is 0. The van der Waals surface area contributed by atoms with Crippen molar-refractivity contribution in [1.82, 2.24) is 4.57 Å². The van der Waals surface area contributed by atoms with Crippen LogP contribution in [-0.4, -0.2) is 10.3 Å². The van der Waals surface area contributed by atoms with Gasteiger partial charge in [0.1, 0.15) is 0 Å². The molecule has 0 saturated heterocycles. The summed E-state index contributed by atoms with van der Waals surface area (Å²) in [6.07, 6.45) is 10.2. The Labute approximate surface area is 272 Å². The lowest BCUT2D eigenvalue weighted by atomic mass is 9.86. The Morgan fingerprint density at radius 2 is 1.37 bits per heavy atom. The number of benzene rings is 5. The van der Waals surface area contributed by atoms with E-state index in [1.165, 1.54) is 61.0 Å². The molecule has 0 amide bonds. The zero-order chi connectivity index (χ0) is 31.6. The van der Waals surface area contributed by atoms with Crippen molar-refractivity contribution in [2.45, 2.75) is 33.6 Å². The van der Waals surface area contributed by atoms with Gasteiger partial charge in [0, 0.05) is 23.0 Å². The quantitative estimate of drug-likeness (QED) is 0.182. The molecule has 0 N–H and O–H groups in total. The Morgan fingerprint density at radius 1 is 0.717 bits per heavy atom. The van der Waals surface area contributed by atoms with Crippen molar-refractivity contribution in [3.05, 3.63) is 162 Å². The van der Waals surface area contributed by atoms with Gasteiger partial charge in [0.15, 0.2) is 0 Å². The Balaban J connectivity index is 0.00000166. The molecule has 2 nitrogen and oxygen atoms in total. The Morgan fingerprint density at radius 3 is 2.07 bits per heavy atom. The van der Waals surface area contributed by atoms with Gasteiger partial charge >= 0.3 is 0 Å². The van der Waals surface area contributed by atoms with Crippen molar-refractivity contribution in [3.8, 4) is 39.2 Å². The highest BCUT2D eigenvalue weighted by atomic mass is 15.0. The van der Waals surface area contributed by atoms with Crippen molar-refractivity contribution in [2.24, 2.45) is 4.99 Å². The van der Waals surface area contributed by atoms with E-state index >= 15 is 0 Å². The first-order chi connectivity index (χ1) is 22.7. The molecular formula is C44H38N2. The largest absolute Gasteiger partial charge is 0.309 e. The van der Waals surface area contributed by atoms with Gasteiger partial charge in [-0.2, -0.15) is 0 Å². The minimum absolute atomic E-state index is 0.974. The number of fused-ring (bicyclic) bond motifs is 4. The maximum absolute atomic E-state index is 4.48. The summed E-state index contributed by atoms with van der Waals surface area (Å²) in [5, 5.41) is 2.47. The van der Waals surface area contributed by atoms with E-state index in [2.05, 4.69) is 150 Å². The van der Waals surface area contributed by atoms with Crippen molar-refractivity contribution >= 4 is 28.6 Å². The third kappa shape index (κ3) is 5.16. The molecule has 8 rings (SSSR count). The maximum atomic E-state index is 4.48. The Hall–Kier alpha value is -5.47. The molecule has 224 valence electrons. The number of aliphatic imine (C=N–C) groups is 1. The predicted molar refractivity (Wildman–Crippen MR) is 199 cm³/mol. The van der Waals surface area contributed by atoms with Gasteiger partial charge < -0.3 is 4.57 Å². The van der Waals surface area contributed by atoms with Gasteiger partial charge in [-0.15, -0.1) is 0 Å². The van der Waals surface area contributed by atoms with E-state index in [0.717, 1.165) is 35.5 Å². The fourth-order valence-electron chi connectivity index (χ4n) is 6.77. The molecular weight excluding hydrogens is 556 g/mol. The summed E-state index contributed by atoms with van der Waals surface area (Å²) >= 11 is 0. The Bertz CT molecular complexity index is 2170. The molecule has 0 radical (unpaired) electrons. The molecule has 0 bridgehead atoms. The lowest BCUT2D eigenvalue weighted by Gasteiger charge is -2.22. The number of allylic oxidation sites excluding steroid dienone is 2. The predicted octanol–water partition coefficient (Wildman–Crippen LogP) is 11.8. The summed E-state index contributed by atoms with van der Waals surface area (Å²) in [6, 6.07) is 41.9. The normalized spacial score (nSPS) is 13.2. The van der Waals surface area contributed by atoms with Crippen LogP contribution in [0.1, 0.15) is 43.2 Å². The lowest BCUT2D eigenvalue weighted by Crippen LogP contribution is -2.08. The highest BCUT2D eigenvalue weighted by molar-refractivity contribution is 6.14. The van der Waals surface area contributed by atoms with Crippen LogP contribution in [0.5, 0.6) is 0 Å². The monoisotopic (exact) mass is 594 g/mol. The third-order valence-electron chi connectivity index (χ3n) is 9.08. The third-order valence-corrected chi connectivity index (χ3v) is 9.08. The second kappa shape index (κ2) is 12.5. The highest BCUT2D eigenvalue weighted by Gasteiger charge is 2.28. The molecule has 46 heavy (non-hydrogen) atoms. The van der Waals surface area contributed by atoms with Gasteiger partial charge in [-0.3, -0.25) is 4.99 Å². The topological polar surface area (TPSA) is 17.3 Å². The van der Waals surface area contributed by atoms with E-state index in [1.54, 1.807) is 0 Å². The maximum Gasteiger partial charge on any atom is 0.0674 e. The van der Waals surface area contributed by atoms with E-state index < -0.39 is 0 Å². The van der Waals surface area contributed by atoms with Gasteiger partial charge in [0.05, 0.1) is 17.1 Å². The smallest absolute Gasteiger partial charge is 0.0674 e. The van der Waals surface area contributed by atoms with Crippen LogP contribution in [0, 0.1) is 0 Å². The minimum atomic E-state index is 0.974. The first-order valence-electron chi connectivity index (χ1n) is 16.3. The number of aromatic nitrogens is 1. The van der Waals surface area contributed by atoms with E-state index in [9.17, 15) is 0 Å². The van der Waals surface area contributed by atoms with Crippen LogP contribution in [0.15, 0.2) is 145 Å². The number of hydrogen-bond acceptors (Lipinski definition) is 1. The summed E-state index contributed by atoms with van der Waals surface area (Å²) in [4.78, 5) is 4.48. The summed E-state index contributed by atoms with van der Waals surface area (Å²) < 4.78 is 2.46. The zero-order valence-corrected chi connectivity index (χ0v) is 26.8. The Kier molecular flexibility index (Phi) is 7.95. The van der Waals surface area contributed by atoms with Crippen LogP contribution < -0.4 is 0 Å². The number of hydrogen-bond donors (Lipinski definition) is 0. The molecule has 0 spiro atoms. The van der Waals surface area contributed by atoms with Crippen molar-refractivity contribution in [3.63, 3.8) is 0 Å². The lowest BCUT2D eigenvalue weighted by molar-refractivity contribution is 0.927. The van der Waals surface area contributed by atoms with Crippen LogP contribution in [0.25, 0.3) is 62.1 Å². The molecule has 1 aliphatic heterocycles. The van der Waals surface area contributed by atoms with E-state index in [1.807, 2.05) is 26.1 Å². The molecule has 2 heteroatoms. The van der Waals surface area contributed by atoms with Crippen LogP contribution in [-0.2, 0) is 12.8 Å². The first kappa shape index (κ1) is 29.3. The molecule has 1 aliphatic carbocycles. The van der Waals surface area contributed by atoms with Gasteiger partial charge in [-0.25, -0.2) is 0 Å². The van der Waals surface area contributed by atoms with Gasteiger partial charge in [-0.05, 0) is 93.8 Å². The SMILES string of the molecule is C=Cc1c2c(n(-c3ccc4ccccc4c3)c1/C=C(\C)C1=NC=C1)-c1ccc(-c3ccc(-c4ccccc4)cc3)cc1CC2.CC. The molecule has 5 aromatic carbocycles. The van der Waals surface area contributed by atoms with Gasteiger partial charge in [0.25, 0.3) is 0 Å². The number of nitrogens with zero attached hydrogens (tertiary/aromatic N) is 2.